The van der Waals surface area contributed by atoms with Crippen molar-refractivity contribution in [1.82, 2.24) is 9.80 Å². The summed E-state index contributed by atoms with van der Waals surface area (Å²) in [4.78, 5) is 15.6. The zero-order valence-electron chi connectivity index (χ0n) is 12.9. The summed E-state index contributed by atoms with van der Waals surface area (Å²) in [7, 11) is 3.13. The number of methoxy groups -OCH3 is 2. The predicted octanol–water partition coefficient (Wildman–Crippen LogP) is 2.01. The highest BCUT2D eigenvalue weighted by Crippen LogP contribution is 2.14. The van der Waals surface area contributed by atoms with E-state index < -0.39 is 0 Å². The highest BCUT2D eigenvalue weighted by atomic mass is 16.5. The van der Waals surface area contributed by atoms with Crippen LogP contribution in [0.1, 0.15) is 12.0 Å². The number of aryl methyl sites for hydroxylation is 1. The zero-order chi connectivity index (χ0) is 15.1. The fourth-order valence-corrected chi connectivity index (χ4v) is 2.62. The van der Waals surface area contributed by atoms with Gasteiger partial charge in [-0.05, 0) is 37.1 Å². The first-order chi connectivity index (χ1) is 10.2. The number of nitrogens with zero attached hydrogens (tertiary/aromatic N) is 2. The van der Waals surface area contributed by atoms with Crippen LogP contribution < -0.4 is 4.74 Å². The number of piperazine rings is 1. The molecule has 0 aromatic heterocycles. The third-order valence-electron chi connectivity index (χ3n) is 3.88. The summed E-state index contributed by atoms with van der Waals surface area (Å²) in [6.45, 7) is 4.42. The summed E-state index contributed by atoms with van der Waals surface area (Å²) in [5, 5.41) is 0. The molecule has 1 heterocycles. The van der Waals surface area contributed by atoms with Gasteiger partial charge in [-0.15, -0.1) is 0 Å². The van der Waals surface area contributed by atoms with E-state index in [1.54, 1.807) is 12.0 Å². The van der Waals surface area contributed by atoms with Crippen molar-refractivity contribution in [3.63, 3.8) is 0 Å². The maximum atomic E-state index is 11.4. The Kier molecular flexibility index (Phi) is 5.87. The molecule has 0 atom stereocenters. The molecule has 1 amide bonds. The van der Waals surface area contributed by atoms with Crippen molar-refractivity contribution in [3.8, 4) is 5.75 Å². The molecule has 1 aromatic carbocycles. The van der Waals surface area contributed by atoms with Gasteiger partial charge in [-0.3, -0.25) is 4.90 Å². The van der Waals surface area contributed by atoms with Gasteiger partial charge < -0.3 is 14.4 Å². The molecule has 0 saturated carbocycles. The van der Waals surface area contributed by atoms with Gasteiger partial charge in [-0.1, -0.05) is 12.1 Å². The molecule has 2 rings (SSSR count). The molecule has 1 aliphatic heterocycles. The second-order valence-corrected chi connectivity index (χ2v) is 5.25. The minimum Gasteiger partial charge on any atom is -0.497 e. The van der Waals surface area contributed by atoms with E-state index in [2.05, 4.69) is 17.0 Å². The van der Waals surface area contributed by atoms with Gasteiger partial charge in [-0.2, -0.15) is 0 Å². The van der Waals surface area contributed by atoms with Crippen LogP contribution in [0.5, 0.6) is 5.75 Å². The molecule has 1 aliphatic rings. The molecule has 1 saturated heterocycles. The third-order valence-corrected chi connectivity index (χ3v) is 3.88. The van der Waals surface area contributed by atoms with Gasteiger partial charge >= 0.3 is 6.09 Å². The number of ether oxygens (including phenoxy) is 2. The largest absolute Gasteiger partial charge is 0.497 e. The van der Waals surface area contributed by atoms with E-state index in [0.717, 1.165) is 51.3 Å². The lowest BCUT2D eigenvalue weighted by Crippen LogP contribution is -2.48. The lowest BCUT2D eigenvalue weighted by Gasteiger charge is -2.33. The summed E-state index contributed by atoms with van der Waals surface area (Å²) < 4.78 is 9.98. The van der Waals surface area contributed by atoms with Crippen LogP contribution in [0.2, 0.25) is 0 Å². The maximum absolute atomic E-state index is 11.4. The average Bonchev–Trinajstić information content (AvgIpc) is 2.55. The van der Waals surface area contributed by atoms with Gasteiger partial charge in [-0.25, -0.2) is 4.79 Å². The van der Waals surface area contributed by atoms with Crippen LogP contribution in [0, 0.1) is 0 Å². The van der Waals surface area contributed by atoms with Crippen LogP contribution in [0.25, 0.3) is 0 Å². The number of benzene rings is 1. The molecule has 0 spiro atoms. The highest BCUT2D eigenvalue weighted by Gasteiger charge is 2.20. The first kappa shape index (κ1) is 15.6. The molecule has 21 heavy (non-hydrogen) atoms. The van der Waals surface area contributed by atoms with Crippen LogP contribution in [0.3, 0.4) is 0 Å². The first-order valence-corrected chi connectivity index (χ1v) is 7.41. The van der Waals surface area contributed by atoms with Gasteiger partial charge in [0.15, 0.2) is 0 Å². The van der Waals surface area contributed by atoms with Crippen molar-refractivity contribution in [2.45, 2.75) is 12.8 Å². The normalized spacial score (nSPS) is 15.8. The fourth-order valence-electron chi connectivity index (χ4n) is 2.62. The second kappa shape index (κ2) is 7.88. The minimum atomic E-state index is -0.217. The Balaban J connectivity index is 1.69. The zero-order valence-corrected chi connectivity index (χ0v) is 12.9. The quantitative estimate of drug-likeness (QED) is 0.832. The van der Waals surface area contributed by atoms with E-state index in [9.17, 15) is 4.79 Å². The third kappa shape index (κ3) is 4.63. The molecule has 1 aromatic rings. The van der Waals surface area contributed by atoms with Crippen LogP contribution in [-0.4, -0.2) is 62.8 Å². The lowest BCUT2D eigenvalue weighted by molar-refractivity contribution is 0.0907. The number of rotatable bonds is 5. The topological polar surface area (TPSA) is 42.0 Å². The van der Waals surface area contributed by atoms with Crippen molar-refractivity contribution in [2.75, 3.05) is 46.9 Å². The number of hydrogen-bond acceptors (Lipinski definition) is 4. The molecule has 116 valence electrons. The molecule has 0 aliphatic carbocycles. The number of carbonyl (C=O) groups excluding carboxylic acids is 1. The molecule has 0 bridgehead atoms. The smallest absolute Gasteiger partial charge is 0.409 e. The van der Waals surface area contributed by atoms with Crippen LogP contribution in [0.4, 0.5) is 4.79 Å². The number of hydrogen-bond donors (Lipinski definition) is 0. The summed E-state index contributed by atoms with van der Waals surface area (Å²) >= 11 is 0. The minimum absolute atomic E-state index is 0.217. The Bertz CT molecular complexity index is 457. The van der Waals surface area contributed by atoms with E-state index in [4.69, 9.17) is 9.47 Å². The summed E-state index contributed by atoms with van der Waals surface area (Å²) in [6.07, 6.45) is 1.95. The van der Waals surface area contributed by atoms with E-state index in [0.29, 0.717) is 0 Å². The van der Waals surface area contributed by atoms with Crippen LogP contribution in [0.15, 0.2) is 24.3 Å². The molecule has 0 N–H and O–H groups in total. The van der Waals surface area contributed by atoms with Crippen molar-refractivity contribution >= 4 is 6.09 Å². The molecular formula is C16H24N2O3. The van der Waals surface area contributed by atoms with E-state index >= 15 is 0 Å². The Morgan fingerprint density at radius 3 is 2.62 bits per heavy atom. The van der Waals surface area contributed by atoms with E-state index in [-0.39, 0.29) is 6.09 Å². The SMILES string of the molecule is COC(=O)N1CCN(CCCc2cccc(OC)c2)CC1. The van der Waals surface area contributed by atoms with Gasteiger partial charge in [0, 0.05) is 26.2 Å². The number of carbonyl (C=O) groups is 1. The summed E-state index contributed by atoms with van der Waals surface area (Å²) in [5.74, 6) is 0.916. The summed E-state index contributed by atoms with van der Waals surface area (Å²) in [5.41, 5.74) is 1.31. The van der Waals surface area contributed by atoms with Crippen molar-refractivity contribution in [2.24, 2.45) is 0 Å². The summed E-state index contributed by atoms with van der Waals surface area (Å²) in [6, 6.07) is 8.23. The van der Waals surface area contributed by atoms with E-state index in [1.165, 1.54) is 12.7 Å². The Hall–Kier alpha value is -1.75. The highest BCUT2D eigenvalue weighted by molar-refractivity contribution is 5.67. The molecular weight excluding hydrogens is 268 g/mol. The Morgan fingerprint density at radius 1 is 1.19 bits per heavy atom. The monoisotopic (exact) mass is 292 g/mol. The molecule has 5 heteroatoms. The predicted molar refractivity (Wildman–Crippen MR) is 81.7 cm³/mol. The number of amides is 1. The average molecular weight is 292 g/mol. The van der Waals surface area contributed by atoms with Crippen molar-refractivity contribution < 1.29 is 14.3 Å². The van der Waals surface area contributed by atoms with Gasteiger partial charge in [0.2, 0.25) is 0 Å². The maximum Gasteiger partial charge on any atom is 0.409 e. The lowest BCUT2D eigenvalue weighted by atomic mass is 10.1. The molecule has 5 nitrogen and oxygen atoms in total. The van der Waals surface area contributed by atoms with Crippen LogP contribution >= 0.6 is 0 Å². The fraction of sp³-hybridized carbons (Fsp3) is 0.562. The standard InChI is InChI=1S/C16H24N2O3/c1-20-15-7-3-5-14(13-15)6-4-8-17-9-11-18(12-10-17)16(19)21-2/h3,5,7,13H,4,6,8-12H2,1-2H3. The van der Waals surface area contributed by atoms with Crippen LogP contribution in [-0.2, 0) is 11.2 Å². The van der Waals surface area contributed by atoms with Crippen molar-refractivity contribution in [1.29, 1.82) is 0 Å². The molecule has 0 unspecified atom stereocenters. The van der Waals surface area contributed by atoms with E-state index in [1.807, 2.05) is 12.1 Å². The van der Waals surface area contributed by atoms with Gasteiger partial charge in [0.1, 0.15) is 5.75 Å². The first-order valence-electron chi connectivity index (χ1n) is 7.41. The molecule has 1 fully saturated rings. The van der Waals surface area contributed by atoms with Gasteiger partial charge in [0.25, 0.3) is 0 Å². The Morgan fingerprint density at radius 2 is 1.95 bits per heavy atom. The molecule has 0 radical (unpaired) electrons. The second-order valence-electron chi connectivity index (χ2n) is 5.25. The van der Waals surface area contributed by atoms with Crippen molar-refractivity contribution in [3.05, 3.63) is 29.8 Å². The Labute approximate surface area is 126 Å². The van der Waals surface area contributed by atoms with Gasteiger partial charge in [0.05, 0.1) is 14.2 Å².